The summed E-state index contributed by atoms with van der Waals surface area (Å²) in [4.78, 5) is 5.55. The Morgan fingerprint density at radius 3 is 3.00 bits per heavy atom. The molecule has 3 nitrogen and oxygen atoms in total. The maximum absolute atomic E-state index is 8.90. The highest BCUT2D eigenvalue weighted by Crippen LogP contribution is 2.49. The van der Waals surface area contributed by atoms with Gasteiger partial charge in [0.1, 0.15) is 0 Å². The first kappa shape index (κ1) is 11.3. The zero-order valence-electron chi connectivity index (χ0n) is 10.8. The highest BCUT2D eigenvalue weighted by Gasteiger charge is 2.39. The molecule has 0 unspecified atom stereocenters. The van der Waals surface area contributed by atoms with Gasteiger partial charge < -0.3 is 9.88 Å². The normalized spacial score (nSPS) is 22.3. The number of aromatic nitrogens is 1. The molecule has 92 valence electrons. The van der Waals surface area contributed by atoms with Gasteiger partial charge in [0.05, 0.1) is 11.6 Å². The van der Waals surface area contributed by atoms with Crippen LogP contribution < -0.4 is 0 Å². The fourth-order valence-corrected chi connectivity index (χ4v) is 2.82. The first-order valence-corrected chi connectivity index (χ1v) is 6.35. The minimum absolute atomic E-state index is 0.689. The molecule has 0 spiro atoms. The molecule has 0 saturated heterocycles. The molecular formula is C15H17N3. The van der Waals surface area contributed by atoms with Crippen molar-refractivity contribution in [1.82, 2.24) is 9.88 Å². The van der Waals surface area contributed by atoms with Crippen LogP contribution >= 0.6 is 0 Å². The second-order valence-corrected chi connectivity index (χ2v) is 5.48. The molecule has 0 bridgehead atoms. The number of nitrogens with zero attached hydrogens (tertiary/aromatic N) is 2. The van der Waals surface area contributed by atoms with Crippen LogP contribution in [-0.2, 0) is 0 Å². The molecule has 1 aromatic heterocycles. The van der Waals surface area contributed by atoms with E-state index < -0.39 is 0 Å². The number of H-pyrrole nitrogens is 1. The molecule has 3 heteroatoms. The fourth-order valence-electron chi connectivity index (χ4n) is 2.82. The standard InChI is InChI=1S/C15H17N3/c1-18(2)9-11-6-13(11)14-8-17-15-5-10(7-16)3-4-12(14)15/h3-5,8,11,13,17H,6,9H2,1-2H3/t11-,13+/m1/s1. The van der Waals surface area contributed by atoms with E-state index in [0.717, 1.165) is 23.5 Å². The van der Waals surface area contributed by atoms with E-state index in [9.17, 15) is 0 Å². The minimum atomic E-state index is 0.689. The summed E-state index contributed by atoms with van der Waals surface area (Å²) in [6.07, 6.45) is 3.40. The van der Waals surface area contributed by atoms with Crippen LogP contribution in [0.1, 0.15) is 23.5 Å². The molecule has 1 aliphatic carbocycles. The average molecular weight is 239 g/mol. The molecule has 2 aromatic rings. The van der Waals surface area contributed by atoms with Crippen LogP contribution in [0.4, 0.5) is 0 Å². The van der Waals surface area contributed by atoms with Crippen molar-refractivity contribution in [1.29, 1.82) is 5.26 Å². The Morgan fingerprint density at radius 2 is 2.28 bits per heavy atom. The van der Waals surface area contributed by atoms with Gasteiger partial charge in [0.25, 0.3) is 0 Å². The van der Waals surface area contributed by atoms with Crippen molar-refractivity contribution in [3.63, 3.8) is 0 Å². The van der Waals surface area contributed by atoms with Gasteiger partial charge in [-0.25, -0.2) is 0 Å². The van der Waals surface area contributed by atoms with Crippen molar-refractivity contribution in [2.24, 2.45) is 5.92 Å². The number of fused-ring (bicyclic) bond motifs is 1. The Bertz CT molecular complexity index is 618. The van der Waals surface area contributed by atoms with Gasteiger partial charge in [0.2, 0.25) is 0 Å². The maximum Gasteiger partial charge on any atom is 0.0992 e. The molecule has 0 radical (unpaired) electrons. The summed E-state index contributed by atoms with van der Waals surface area (Å²) in [5, 5.41) is 10.2. The number of hydrogen-bond donors (Lipinski definition) is 1. The topological polar surface area (TPSA) is 42.8 Å². The molecule has 1 saturated carbocycles. The monoisotopic (exact) mass is 239 g/mol. The third-order valence-electron chi connectivity index (χ3n) is 3.76. The van der Waals surface area contributed by atoms with E-state index in [-0.39, 0.29) is 0 Å². The quantitative estimate of drug-likeness (QED) is 0.894. The summed E-state index contributed by atoms with van der Waals surface area (Å²) in [5.74, 6) is 1.48. The lowest BCUT2D eigenvalue weighted by atomic mass is 10.1. The Hall–Kier alpha value is -1.79. The van der Waals surface area contributed by atoms with Gasteiger partial charge >= 0.3 is 0 Å². The van der Waals surface area contributed by atoms with E-state index in [2.05, 4.69) is 42.3 Å². The summed E-state index contributed by atoms with van der Waals surface area (Å²) < 4.78 is 0. The first-order chi connectivity index (χ1) is 8.69. The average Bonchev–Trinajstić information content (AvgIpc) is 2.97. The van der Waals surface area contributed by atoms with E-state index in [1.54, 1.807) is 0 Å². The summed E-state index contributed by atoms with van der Waals surface area (Å²) in [7, 11) is 4.26. The molecule has 0 aliphatic heterocycles. The van der Waals surface area contributed by atoms with Crippen LogP contribution in [-0.4, -0.2) is 30.5 Å². The number of nitrogens with one attached hydrogen (secondary N) is 1. The molecule has 1 aliphatic rings. The molecule has 0 amide bonds. The van der Waals surface area contributed by atoms with Gasteiger partial charge in [0, 0.05) is 23.6 Å². The van der Waals surface area contributed by atoms with Crippen molar-refractivity contribution in [3.8, 4) is 6.07 Å². The predicted octanol–water partition coefficient (Wildman–Crippen LogP) is 2.70. The van der Waals surface area contributed by atoms with Gasteiger partial charge in [0.15, 0.2) is 0 Å². The van der Waals surface area contributed by atoms with Gasteiger partial charge in [-0.2, -0.15) is 5.26 Å². The number of hydrogen-bond acceptors (Lipinski definition) is 2. The van der Waals surface area contributed by atoms with E-state index in [0.29, 0.717) is 5.92 Å². The van der Waals surface area contributed by atoms with Crippen LogP contribution in [0.15, 0.2) is 24.4 Å². The predicted molar refractivity (Wildman–Crippen MR) is 72.4 cm³/mol. The Morgan fingerprint density at radius 1 is 1.44 bits per heavy atom. The highest BCUT2D eigenvalue weighted by atomic mass is 15.1. The van der Waals surface area contributed by atoms with Crippen molar-refractivity contribution in [3.05, 3.63) is 35.5 Å². The largest absolute Gasteiger partial charge is 0.361 e. The van der Waals surface area contributed by atoms with Crippen molar-refractivity contribution in [2.45, 2.75) is 12.3 Å². The van der Waals surface area contributed by atoms with Gasteiger partial charge in [-0.05, 0) is 50.0 Å². The lowest BCUT2D eigenvalue weighted by Crippen LogP contribution is -2.15. The van der Waals surface area contributed by atoms with Crippen LogP contribution in [0.25, 0.3) is 10.9 Å². The number of benzene rings is 1. The summed E-state index contributed by atoms with van der Waals surface area (Å²) in [5.41, 5.74) is 3.22. The van der Waals surface area contributed by atoms with Gasteiger partial charge in [-0.15, -0.1) is 0 Å². The smallest absolute Gasteiger partial charge is 0.0992 e. The molecule has 1 fully saturated rings. The maximum atomic E-state index is 8.90. The van der Waals surface area contributed by atoms with E-state index in [4.69, 9.17) is 5.26 Å². The SMILES string of the molecule is CN(C)C[C@H]1C[C@@H]1c1c[nH]c2cc(C#N)ccc12. The second-order valence-electron chi connectivity index (χ2n) is 5.48. The van der Waals surface area contributed by atoms with Crippen LogP contribution in [0, 0.1) is 17.2 Å². The first-order valence-electron chi connectivity index (χ1n) is 6.35. The van der Waals surface area contributed by atoms with Crippen LogP contribution in [0.5, 0.6) is 0 Å². The van der Waals surface area contributed by atoms with Gasteiger partial charge in [-0.1, -0.05) is 6.07 Å². The van der Waals surface area contributed by atoms with Crippen molar-refractivity contribution in [2.75, 3.05) is 20.6 Å². The molecule has 1 aromatic carbocycles. The fraction of sp³-hybridized carbons (Fsp3) is 0.400. The third kappa shape index (κ3) is 1.89. The van der Waals surface area contributed by atoms with E-state index >= 15 is 0 Å². The Labute approximate surface area is 107 Å². The number of rotatable bonds is 3. The summed E-state index contributed by atoms with van der Waals surface area (Å²) in [6, 6.07) is 8.09. The zero-order valence-corrected chi connectivity index (χ0v) is 10.8. The number of aromatic amines is 1. The Kier molecular flexibility index (Phi) is 2.61. The zero-order chi connectivity index (χ0) is 12.7. The molecule has 1 heterocycles. The van der Waals surface area contributed by atoms with E-state index in [1.165, 1.54) is 17.4 Å². The molecule has 3 rings (SSSR count). The third-order valence-corrected chi connectivity index (χ3v) is 3.76. The molecular weight excluding hydrogens is 222 g/mol. The molecule has 2 atom stereocenters. The molecule has 1 N–H and O–H groups in total. The summed E-state index contributed by atoms with van der Waals surface area (Å²) >= 11 is 0. The summed E-state index contributed by atoms with van der Waals surface area (Å²) in [6.45, 7) is 1.16. The van der Waals surface area contributed by atoms with Crippen LogP contribution in [0.3, 0.4) is 0 Å². The van der Waals surface area contributed by atoms with Crippen LogP contribution in [0.2, 0.25) is 0 Å². The lowest BCUT2D eigenvalue weighted by Gasteiger charge is -2.08. The lowest BCUT2D eigenvalue weighted by molar-refractivity contribution is 0.385. The Balaban J connectivity index is 1.89. The minimum Gasteiger partial charge on any atom is -0.361 e. The van der Waals surface area contributed by atoms with Crippen molar-refractivity contribution < 1.29 is 0 Å². The van der Waals surface area contributed by atoms with Crippen molar-refractivity contribution >= 4 is 10.9 Å². The van der Waals surface area contributed by atoms with E-state index in [1.807, 2.05) is 12.1 Å². The second kappa shape index (κ2) is 4.15. The number of nitriles is 1. The molecule has 18 heavy (non-hydrogen) atoms. The van der Waals surface area contributed by atoms with Gasteiger partial charge in [-0.3, -0.25) is 0 Å². The highest BCUT2D eigenvalue weighted by molar-refractivity contribution is 5.85.